The third-order valence-electron chi connectivity index (χ3n) is 3.09. The number of nitrogens with one attached hydrogen (secondary N) is 2. The van der Waals surface area contributed by atoms with E-state index in [1.54, 1.807) is 25.4 Å². The lowest BCUT2D eigenvalue weighted by atomic mass is 10.1. The summed E-state index contributed by atoms with van der Waals surface area (Å²) >= 11 is 0. The fraction of sp³-hybridized carbons (Fsp3) is 0.538. The Morgan fingerprint density at radius 3 is 3.06 bits per heavy atom. The van der Waals surface area contributed by atoms with Gasteiger partial charge < -0.3 is 15.4 Å². The molecule has 0 aromatic carbocycles. The number of amides is 1. The Balaban J connectivity index is 1.92. The average molecular weight is 249 g/mol. The molecular formula is C13H19N3O2. The molecule has 0 spiro atoms. The second kappa shape index (κ2) is 6.35. The van der Waals surface area contributed by atoms with Crippen molar-refractivity contribution < 1.29 is 9.53 Å². The van der Waals surface area contributed by atoms with Crippen LogP contribution in [0.15, 0.2) is 18.3 Å². The van der Waals surface area contributed by atoms with Crippen molar-refractivity contribution in [2.45, 2.75) is 31.7 Å². The molecule has 18 heavy (non-hydrogen) atoms. The van der Waals surface area contributed by atoms with Gasteiger partial charge in [0.15, 0.2) is 0 Å². The molecule has 1 aliphatic heterocycles. The summed E-state index contributed by atoms with van der Waals surface area (Å²) in [6.07, 6.45) is 5.95. The predicted octanol–water partition coefficient (Wildman–Crippen LogP) is 1.56. The van der Waals surface area contributed by atoms with Crippen LogP contribution in [0, 0.1) is 0 Å². The number of methoxy groups -OCH3 is 1. The van der Waals surface area contributed by atoms with Crippen molar-refractivity contribution in [1.82, 2.24) is 10.3 Å². The molecule has 1 atom stereocenters. The summed E-state index contributed by atoms with van der Waals surface area (Å²) < 4.78 is 4.97. The lowest BCUT2D eigenvalue weighted by Crippen LogP contribution is -2.39. The maximum atomic E-state index is 12.0. The molecule has 2 N–H and O–H groups in total. The molecule has 5 heteroatoms. The molecule has 0 bridgehead atoms. The zero-order valence-corrected chi connectivity index (χ0v) is 10.6. The molecule has 2 rings (SSSR count). The van der Waals surface area contributed by atoms with Crippen LogP contribution in [0.3, 0.4) is 0 Å². The van der Waals surface area contributed by atoms with Crippen LogP contribution in [-0.2, 0) is 4.79 Å². The van der Waals surface area contributed by atoms with Crippen LogP contribution in [0.1, 0.15) is 25.7 Å². The predicted molar refractivity (Wildman–Crippen MR) is 69.7 cm³/mol. The number of hydrogen-bond donors (Lipinski definition) is 2. The molecule has 0 saturated carbocycles. The number of rotatable bonds is 3. The summed E-state index contributed by atoms with van der Waals surface area (Å²) in [5, 5.41) is 6.14. The number of carbonyl (C=O) groups excluding carboxylic acids is 1. The SMILES string of the molecule is COc1ccc(NC(=O)C2CCCCCN2)cn1. The number of anilines is 1. The largest absolute Gasteiger partial charge is 0.481 e. The molecule has 98 valence electrons. The normalized spacial score (nSPS) is 19.9. The number of pyridine rings is 1. The minimum absolute atomic E-state index is 0.0175. The standard InChI is InChI=1S/C13H19N3O2/c1-18-12-7-6-10(9-15-12)16-13(17)11-5-3-2-4-8-14-11/h6-7,9,11,14H,2-5,8H2,1H3,(H,16,17). The van der Waals surface area contributed by atoms with E-state index in [4.69, 9.17) is 4.74 Å². The summed E-state index contributed by atoms with van der Waals surface area (Å²) in [5.41, 5.74) is 0.701. The van der Waals surface area contributed by atoms with E-state index < -0.39 is 0 Å². The maximum absolute atomic E-state index is 12.0. The van der Waals surface area contributed by atoms with E-state index in [0.29, 0.717) is 11.6 Å². The summed E-state index contributed by atoms with van der Waals surface area (Å²) in [5.74, 6) is 0.560. The molecule has 1 fully saturated rings. The first-order valence-electron chi connectivity index (χ1n) is 6.34. The second-order valence-electron chi connectivity index (χ2n) is 4.43. The summed E-state index contributed by atoms with van der Waals surface area (Å²) in [6, 6.07) is 3.44. The van der Waals surface area contributed by atoms with Gasteiger partial charge in [0.1, 0.15) is 0 Å². The lowest BCUT2D eigenvalue weighted by Gasteiger charge is -2.15. The van der Waals surface area contributed by atoms with Crippen molar-refractivity contribution in [3.8, 4) is 5.88 Å². The lowest BCUT2D eigenvalue weighted by molar-refractivity contribution is -0.118. The van der Waals surface area contributed by atoms with Gasteiger partial charge in [0, 0.05) is 6.07 Å². The van der Waals surface area contributed by atoms with E-state index in [9.17, 15) is 4.79 Å². The fourth-order valence-corrected chi connectivity index (χ4v) is 2.06. The van der Waals surface area contributed by atoms with Crippen LogP contribution in [-0.4, -0.2) is 30.6 Å². The highest BCUT2D eigenvalue weighted by Gasteiger charge is 2.19. The number of nitrogens with zero attached hydrogens (tertiary/aromatic N) is 1. The number of aromatic nitrogens is 1. The van der Waals surface area contributed by atoms with E-state index in [1.165, 1.54) is 6.42 Å². The van der Waals surface area contributed by atoms with Crippen molar-refractivity contribution in [2.75, 3.05) is 19.0 Å². The van der Waals surface area contributed by atoms with Gasteiger partial charge in [0.2, 0.25) is 11.8 Å². The first-order valence-corrected chi connectivity index (χ1v) is 6.34. The van der Waals surface area contributed by atoms with E-state index >= 15 is 0 Å². The average Bonchev–Trinajstić information content (AvgIpc) is 2.68. The molecule has 1 saturated heterocycles. The monoisotopic (exact) mass is 249 g/mol. The van der Waals surface area contributed by atoms with E-state index in [-0.39, 0.29) is 11.9 Å². The minimum Gasteiger partial charge on any atom is -0.481 e. The van der Waals surface area contributed by atoms with Crippen molar-refractivity contribution in [3.63, 3.8) is 0 Å². The molecule has 1 amide bonds. The maximum Gasteiger partial charge on any atom is 0.241 e. The third kappa shape index (κ3) is 3.43. The quantitative estimate of drug-likeness (QED) is 0.853. The van der Waals surface area contributed by atoms with Crippen molar-refractivity contribution in [1.29, 1.82) is 0 Å². The minimum atomic E-state index is -0.0883. The van der Waals surface area contributed by atoms with E-state index in [0.717, 1.165) is 25.8 Å². The van der Waals surface area contributed by atoms with Crippen molar-refractivity contribution in [3.05, 3.63) is 18.3 Å². The van der Waals surface area contributed by atoms with Gasteiger partial charge in [-0.15, -0.1) is 0 Å². The van der Waals surface area contributed by atoms with Crippen LogP contribution in [0.4, 0.5) is 5.69 Å². The van der Waals surface area contributed by atoms with Gasteiger partial charge in [-0.1, -0.05) is 12.8 Å². The Morgan fingerprint density at radius 1 is 1.44 bits per heavy atom. The molecule has 1 aromatic rings. The second-order valence-corrected chi connectivity index (χ2v) is 4.43. The van der Waals surface area contributed by atoms with Crippen molar-refractivity contribution >= 4 is 11.6 Å². The Morgan fingerprint density at radius 2 is 2.33 bits per heavy atom. The zero-order chi connectivity index (χ0) is 12.8. The fourth-order valence-electron chi connectivity index (χ4n) is 2.06. The Kier molecular flexibility index (Phi) is 4.52. The van der Waals surface area contributed by atoms with Gasteiger partial charge in [0.05, 0.1) is 25.0 Å². The highest BCUT2D eigenvalue weighted by Crippen LogP contribution is 2.13. The Hall–Kier alpha value is -1.62. The number of ether oxygens (including phenoxy) is 1. The molecule has 1 unspecified atom stereocenters. The van der Waals surface area contributed by atoms with Crippen LogP contribution < -0.4 is 15.4 Å². The molecule has 1 aliphatic rings. The van der Waals surface area contributed by atoms with E-state index in [1.807, 2.05) is 0 Å². The van der Waals surface area contributed by atoms with Crippen LogP contribution in [0.5, 0.6) is 5.88 Å². The topological polar surface area (TPSA) is 63.2 Å². The first kappa shape index (κ1) is 12.8. The molecule has 0 radical (unpaired) electrons. The number of carbonyl (C=O) groups is 1. The van der Waals surface area contributed by atoms with E-state index in [2.05, 4.69) is 15.6 Å². The Bertz CT molecular complexity index is 384. The van der Waals surface area contributed by atoms with Crippen LogP contribution in [0.25, 0.3) is 0 Å². The third-order valence-corrected chi connectivity index (χ3v) is 3.09. The van der Waals surface area contributed by atoms with Gasteiger partial charge >= 0.3 is 0 Å². The van der Waals surface area contributed by atoms with Gasteiger partial charge in [-0.2, -0.15) is 0 Å². The summed E-state index contributed by atoms with van der Waals surface area (Å²) in [7, 11) is 1.57. The first-order chi connectivity index (χ1) is 8.79. The van der Waals surface area contributed by atoms with Crippen molar-refractivity contribution in [2.24, 2.45) is 0 Å². The van der Waals surface area contributed by atoms with Gasteiger partial charge in [-0.05, 0) is 25.5 Å². The highest BCUT2D eigenvalue weighted by atomic mass is 16.5. The van der Waals surface area contributed by atoms with Gasteiger partial charge in [-0.3, -0.25) is 4.79 Å². The zero-order valence-electron chi connectivity index (χ0n) is 10.6. The van der Waals surface area contributed by atoms with Gasteiger partial charge in [0.25, 0.3) is 0 Å². The summed E-state index contributed by atoms with van der Waals surface area (Å²) in [6.45, 7) is 0.916. The molecule has 2 heterocycles. The summed E-state index contributed by atoms with van der Waals surface area (Å²) in [4.78, 5) is 16.1. The molecular weight excluding hydrogens is 230 g/mol. The number of hydrogen-bond acceptors (Lipinski definition) is 4. The molecule has 0 aliphatic carbocycles. The van der Waals surface area contributed by atoms with Gasteiger partial charge in [-0.25, -0.2) is 4.98 Å². The van der Waals surface area contributed by atoms with Crippen LogP contribution in [0.2, 0.25) is 0 Å². The highest BCUT2D eigenvalue weighted by molar-refractivity contribution is 5.94. The molecule has 5 nitrogen and oxygen atoms in total. The van der Waals surface area contributed by atoms with Crippen LogP contribution >= 0.6 is 0 Å². The molecule has 1 aromatic heterocycles. The Labute approximate surface area is 107 Å². The smallest absolute Gasteiger partial charge is 0.241 e.